The van der Waals surface area contributed by atoms with Crippen LogP contribution < -0.4 is 0 Å². The molecule has 2 nitrogen and oxygen atoms in total. The number of aliphatic hydroxyl groups excluding tert-OH is 1. The van der Waals surface area contributed by atoms with Gasteiger partial charge in [0.05, 0.1) is 12.0 Å². The summed E-state index contributed by atoms with van der Waals surface area (Å²) >= 11 is 0. The van der Waals surface area contributed by atoms with E-state index in [1.165, 1.54) is 0 Å². The Morgan fingerprint density at radius 1 is 1.44 bits per heavy atom. The second-order valence-corrected chi connectivity index (χ2v) is 2.37. The first-order valence-corrected chi connectivity index (χ1v) is 3.15. The van der Waals surface area contributed by atoms with E-state index in [-0.39, 0.29) is 0 Å². The maximum absolute atomic E-state index is 9.05. The smallest absolute Gasteiger partial charge is 0.322 e. The lowest BCUT2D eigenvalue weighted by Gasteiger charge is -2.06. The van der Waals surface area contributed by atoms with Crippen molar-refractivity contribution in [2.45, 2.75) is 26.2 Å². The number of allylic oxidation sites excluding steroid dienone is 2. The van der Waals surface area contributed by atoms with Crippen LogP contribution in [0.5, 0.6) is 0 Å². The molecule has 0 aromatic rings. The Labute approximate surface area is 54.2 Å². The molecular formula is C7H11O2+. The van der Waals surface area contributed by atoms with Gasteiger partial charge in [-0.05, 0) is 13.3 Å². The summed E-state index contributed by atoms with van der Waals surface area (Å²) in [5.41, 5.74) is 0.668. The van der Waals surface area contributed by atoms with Gasteiger partial charge in [0.25, 0.3) is 0 Å². The summed E-state index contributed by atoms with van der Waals surface area (Å²) in [5.74, 6) is 0.692. The van der Waals surface area contributed by atoms with Crippen molar-refractivity contribution >= 4 is 5.78 Å². The first-order chi connectivity index (χ1) is 4.22. The Kier molecular flexibility index (Phi) is 1.56. The Morgan fingerprint density at radius 3 is 2.56 bits per heavy atom. The van der Waals surface area contributed by atoms with Crippen LogP contribution in [0, 0.1) is 0 Å². The van der Waals surface area contributed by atoms with Crippen LogP contribution in [-0.2, 0) is 0 Å². The summed E-state index contributed by atoms with van der Waals surface area (Å²) in [6.07, 6.45) is 2.31. The molecule has 0 unspecified atom stereocenters. The first-order valence-electron chi connectivity index (χ1n) is 3.15. The predicted octanol–water partition coefficient (Wildman–Crippen LogP) is 1.55. The third-order valence-electron chi connectivity index (χ3n) is 1.69. The number of rotatable bonds is 0. The molecule has 50 valence electrons. The molecule has 0 aromatic heterocycles. The summed E-state index contributed by atoms with van der Waals surface area (Å²) < 4.78 is 0. The normalized spacial score (nSPS) is 20.8. The maximum Gasteiger partial charge on any atom is 0.322 e. The highest BCUT2D eigenvalue weighted by molar-refractivity contribution is 5.96. The molecule has 0 aliphatic heterocycles. The van der Waals surface area contributed by atoms with E-state index in [1.807, 2.05) is 0 Å². The van der Waals surface area contributed by atoms with Gasteiger partial charge in [-0.2, -0.15) is 0 Å². The Hall–Kier alpha value is -0.790. The monoisotopic (exact) mass is 127 g/mol. The van der Waals surface area contributed by atoms with Gasteiger partial charge in [-0.1, -0.05) is 0 Å². The van der Waals surface area contributed by atoms with Crippen LogP contribution in [0.25, 0.3) is 0 Å². The van der Waals surface area contributed by atoms with Gasteiger partial charge in [0.2, 0.25) is 0 Å². The number of aliphatic hydroxyl groups is 1. The van der Waals surface area contributed by atoms with Crippen molar-refractivity contribution in [3.05, 3.63) is 11.3 Å². The van der Waals surface area contributed by atoms with Gasteiger partial charge < -0.3 is 5.11 Å². The lowest BCUT2D eigenvalue weighted by Crippen LogP contribution is -2.08. The minimum atomic E-state index is 0.346. The molecule has 2 N–H and O–H groups in total. The largest absolute Gasteiger partial charge is 0.512 e. The van der Waals surface area contributed by atoms with E-state index in [0.717, 1.165) is 19.3 Å². The van der Waals surface area contributed by atoms with Gasteiger partial charge in [0.15, 0.2) is 0 Å². The predicted molar refractivity (Wildman–Crippen MR) is 36.1 cm³/mol. The van der Waals surface area contributed by atoms with Crippen LogP contribution in [0.3, 0.4) is 0 Å². The van der Waals surface area contributed by atoms with Gasteiger partial charge in [0, 0.05) is 6.42 Å². The minimum Gasteiger partial charge on any atom is -0.512 e. The lowest BCUT2D eigenvalue weighted by molar-refractivity contribution is 0.374. The van der Waals surface area contributed by atoms with Gasteiger partial charge in [-0.3, -0.25) is 4.79 Å². The molecule has 0 heterocycles. The standard InChI is InChI=1S/C7H10O2/c1-5-6(8)3-2-4-7(5)9/h8H,2-4H2,1H3/p+1. The zero-order chi connectivity index (χ0) is 6.85. The molecular weight excluding hydrogens is 116 g/mol. The maximum atomic E-state index is 9.05. The van der Waals surface area contributed by atoms with Gasteiger partial charge >= 0.3 is 5.78 Å². The zero-order valence-corrected chi connectivity index (χ0v) is 5.52. The highest BCUT2D eigenvalue weighted by atomic mass is 16.3. The molecule has 0 fully saturated rings. The van der Waals surface area contributed by atoms with Crippen LogP contribution in [0.1, 0.15) is 26.2 Å². The van der Waals surface area contributed by atoms with Crippen LogP contribution in [0.2, 0.25) is 0 Å². The molecule has 0 bridgehead atoms. The highest BCUT2D eigenvalue weighted by Crippen LogP contribution is 2.18. The second-order valence-electron chi connectivity index (χ2n) is 2.37. The quantitative estimate of drug-likeness (QED) is 0.493. The van der Waals surface area contributed by atoms with E-state index < -0.39 is 0 Å². The number of carbonyl (C=O) groups excluding carboxylic acids is 1. The number of ketones is 1. The summed E-state index contributed by atoms with van der Waals surface area (Å²) in [6, 6.07) is 0. The lowest BCUT2D eigenvalue weighted by atomic mass is 9.98. The van der Waals surface area contributed by atoms with Crippen LogP contribution in [0.15, 0.2) is 11.3 Å². The molecule has 0 spiro atoms. The van der Waals surface area contributed by atoms with Gasteiger partial charge in [-0.25, -0.2) is 0 Å². The van der Waals surface area contributed by atoms with Gasteiger partial charge in [-0.15, -0.1) is 0 Å². The van der Waals surface area contributed by atoms with E-state index in [1.54, 1.807) is 6.92 Å². The third kappa shape index (κ3) is 1.12. The first kappa shape index (κ1) is 6.33. The molecule has 2 heteroatoms. The second kappa shape index (κ2) is 2.21. The summed E-state index contributed by atoms with van der Waals surface area (Å²) in [5, 5.41) is 9.05. The van der Waals surface area contributed by atoms with Crippen LogP contribution >= 0.6 is 0 Å². The number of hydrogen-bond donors (Lipinski definition) is 1. The molecule has 1 aliphatic rings. The molecule has 1 aliphatic carbocycles. The van der Waals surface area contributed by atoms with E-state index >= 15 is 0 Å². The molecule has 9 heavy (non-hydrogen) atoms. The fraction of sp³-hybridized carbons (Fsp3) is 0.571. The van der Waals surface area contributed by atoms with Crippen molar-refractivity contribution in [2.24, 2.45) is 0 Å². The van der Waals surface area contributed by atoms with Crippen molar-refractivity contribution in [1.29, 1.82) is 0 Å². The van der Waals surface area contributed by atoms with Crippen molar-refractivity contribution < 1.29 is 9.90 Å². The minimum absolute atomic E-state index is 0.346. The molecule has 0 atom stereocenters. The summed E-state index contributed by atoms with van der Waals surface area (Å²) in [7, 11) is 0. The Morgan fingerprint density at radius 2 is 2.11 bits per heavy atom. The van der Waals surface area contributed by atoms with E-state index in [4.69, 9.17) is 9.90 Å². The van der Waals surface area contributed by atoms with Crippen LogP contribution in [-0.4, -0.2) is 15.7 Å². The average molecular weight is 127 g/mol. The Balaban J connectivity index is 2.84. The fourth-order valence-corrected chi connectivity index (χ4v) is 0.965. The Bertz CT molecular complexity index is 168. The molecule has 0 amide bonds. The van der Waals surface area contributed by atoms with E-state index in [0.29, 0.717) is 17.1 Å². The zero-order valence-electron chi connectivity index (χ0n) is 5.52. The van der Waals surface area contributed by atoms with Crippen molar-refractivity contribution in [3.63, 3.8) is 0 Å². The topological polar surface area (TPSA) is 41.6 Å². The van der Waals surface area contributed by atoms with Crippen molar-refractivity contribution in [2.75, 3.05) is 0 Å². The van der Waals surface area contributed by atoms with E-state index in [9.17, 15) is 0 Å². The molecule has 0 saturated heterocycles. The summed E-state index contributed by atoms with van der Waals surface area (Å²) in [6.45, 7) is 1.74. The molecule has 1 rings (SSSR count). The van der Waals surface area contributed by atoms with E-state index in [2.05, 4.69) is 0 Å². The fourth-order valence-electron chi connectivity index (χ4n) is 0.965. The van der Waals surface area contributed by atoms with Gasteiger partial charge in [0.1, 0.15) is 5.76 Å². The third-order valence-corrected chi connectivity index (χ3v) is 1.69. The van der Waals surface area contributed by atoms with Crippen LogP contribution in [0.4, 0.5) is 0 Å². The number of hydrogen-bond acceptors (Lipinski definition) is 1. The summed E-state index contributed by atoms with van der Waals surface area (Å²) in [4.78, 5) is 9.05. The molecule has 0 aromatic carbocycles. The van der Waals surface area contributed by atoms with Crippen molar-refractivity contribution in [3.8, 4) is 0 Å². The van der Waals surface area contributed by atoms with Crippen molar-refractivity contribution in [1.82, 2.24) is 0 Å². The average Bonchev–Trinajstić information content (AvgIpc) is 1.83. The molecule has 0 saturated carbocycles. The molecule has 0 radical (unpaired) electrons. The highest BCUT2D eigenvalue weighted by Gasteiger charge is 2.20. The SMILES string of the molecule is CC1=C(O)CCCC1=[OH+].